The molecule has 3 rings (SSSR count). The molecule has 1 aliphatic carbocycles. The summed E-state index contributed by atoms with van der Waals surface area (Å²) in [6.45, 7) is 5.36. The van der Waals surface area contributed by atoms with Crippen molar-refractivity contribution in [2.45, 2.75) is 51.6 Å². The van der Waals surface area contributed by atoms with Crippen LogP contribution in [0.4, 0.5) is 9.18 Å². The van der Waals surface area contributed by atoms with Crippen LogP contribution in [-0.2, 0) is 15.1 Å². The predicted octanol–water partition coefficient (Wildman–Crippen LogP) is 2.53. The lowest BCUT2D eigenvalue weighted by atomic mass is 9.78. The molecule has 4 atom stereocenters. The van der Waals surface area contributed by atoms with E-state index < -0.39 is 23.3 Å². The van der Waals surface area contributed by atoms with E-state index in [-0.39, 0.29) is 24.1 Å². The molecule has 2 fully saturated rings. The van der Waals surface area contributed by atoms with Crippen molar-refractivity contribution in [3.05, 3.63) is 35.6 Å². The number of imide groups is 1. The Labute approximate surface area is 158 Å². The molecule has 1 saturated heterocycles. The van der Waals surface area contributed by atoms with E-state index >= 15 is 0 Å². The van der Waals surface area contributed by atoms with E-state index in [1.807, 2.05) is 0 Å². The maximum absolute atomic E-state index is 14.2. The van der Waals surface area contributed by atoms with E-state index in [0.717, 1.165) is 24.2 Å². The topological polar surface area (TPSA) is 78.5 Å². The van der Waals surface area contributed by atoms with Gasteiger partial charge in [-0.15, -0.1) is 0 Å². The van der Waals surface area contributed by atoms with Crippen LogP contribution in [0.25, 0.3) is 0 Å². The molecule has 0 spiro atoms. The van der Waals surface area contributed by atoms with Crippen LogP contribution in [0, 0.1) is 17.7 Å². The summed E-state index contributed by atoms with van der Waals surface area (Å²) in [5.41, 5.74) is -1.43. The number of hydrogen-bond acceptors (Lipinski definition) is 3. The SMILES string of the molecule is CC1CCCC(NC(=O)CN2C(=O)NC(C)(c3ccccc3F)C2=O)C1C. The molecular formula is C20H26FN3O3. The summed E-state index contributed by atoms with van der Waals surface area (Å²) in [5, 5.41) is 5.49. The minimum absolute atomic E-state index is 0.0416. The first-order valence-electron chi connectivity index (χ1n) is 9.42. The lowest BCUT2D eigenvalue weighted by Crippen LogP contribution is -2.49. The highest BCUT2D eigenvalue weighted by Gasteiger charge is 2.50. The molecule has 6 nitrogen and oxygen atoms in total. The van der Waals surface area contributed by atoms with Crippen LogP contribution < -0.4 is 10.6 Å². The zero-order chi connectivity index (χ0) is 19.8. The number of rotatable bonds is 4. The van der Waals surface area contributed by atoms with Gasteiger partial charge in [-0.1, -0.05) is 44.9 Å². The van der Waals surface area contributed by atoms with Crippen molar-refractivity contribution in [1.82, 2.24) is 15.5 Å². The van der Waals surface area contributed by atoms with Gasteiger partial charge in [-0.3, -0.25) is 14.5 Å². The molecule has 4 amide bonds. The van der Waals surface area contributed by atoms with Gasteiger partial charge >= 0.3 is 6.03 Å². The number of hydrogen-bond donors (Lipinski definition) is 2. The number of benzene rings is 1. The van der Waals surface area contributed by atoms with Gasteiger partial charge in [0.2, 0.25) is 5.91 Å². The molecule has 0 radical (unpaired) electrons. The van der Waals surface area contributed by atoms with Gasteiger partial charge in [-0.2, -0.15) is 0 Å². The Morgan fingerprint density at radius 2 is 2.00 bits per heavy atom. The van der Waals surface area contributed by atoms with Gasteiger partial charge in [0.05, 0.1) is 0 Å². The van der Waals surface area contributed by atoms with Crippen LogP contribution in [0.15, 0.2) is 24.3 Å². The van der Waals surface area contributed by atoms with Crippen LogP contribution in [-0.4, -0.2) is 35.3 Å². The number of nitrogens with one attached hydrogen (secondary N) is 2. The third kappa shape index (κ3) is 3.55. The second kappa shape index (κ2) is 7.29. The van der Waals surface area contributed by atoms with Gasteiger partial charge in [-0.05, 0) is 31.2 Å². The molecule has 146 valence electrons. The van der Waals surface area contributed by atoms with Crippen LogP contribution in [0.2, 0.25) is 0 Å². The standard InChI is InChI=1S/C20H26FN3O3/c1-12-7-6-10-16(13(12)2)22-17(25)11-24-18(26)20(3,23-19(24)27)14-8-4-5-9-15(14)21/h4-5,8-9,12-13,16H,6-7,10-11H2,1-3H3,(H,22,25)(H,23,27). The lowest BCUT2D eigenvalue weighted by Gasteiger charge is -2.34. The smallest absolute Gasteiger partial charge is 0.325 e. The zero-order valence-electron chi connectivity index (χ0n) is 15.9. The molecule has 4 unspecified atom stereocenters. The van der Waals surface area contributed by atoms with Crippen molar-refractivity contribution in [1.29, 1.82) is 0 Å². The van der Waals surface area contributed by atoms with E-state index in [1.54, 1.807) is 6.07 Å². The lowest BCUT2D eigenvalue weighted by molar-refractivity contribution is -0.135. The normalized spacial score (nSPS) is 31.0. The third-order valence-corrected chi connectivity index (χ3v) is 6.04. The highest BCUT2D eigenvalue weighted by Crippen LogP contribution is 2.31. The monoisotopic (exact) mass is 375 g/mol. The molecule has 0 bridgehead atoms. The van der Waals surface area contributed by atoms with Crippen molar-refractivity contribution in [3.63, 3.8) is 0 Å². The Balaban J connectivity index is 1.70. The molecule has 7 heteroatoms. The average Bonchev–Trinajstić information content (AvgIpc) is 2.83. The van der Waals surface area contributed by atoms with Gasteiger partial charge < -0.3 is 10.6 Å². The first-order valence-corrected chi connectivity index (χ1v) is 9.42. The maximum atomic E-state index is 14.2. The first-order chi connectivity index (χ1) is 12.7. The number of carbonyl (C=O) groups excluding carboxylic acids is 3. The highest BCUT2D eigenvalue weighted by atomic mass is 19.1. The van der Waals surface area contributed by atoms with E-state index in [4.69, 9.17) is 0 Å². The van der Waals surface area contributed by atoms with Crippen LogP contribution in [0.5, 0.6) is 0 Å². The number of amides is 4. The minimum atomic E-state index is -1.52. The van der Waals surface area contributed by atoms with Gasteiger partial charge in [0.15, 0.2) is 0 Å². The molecule has 1 aromatic rings. The van der Waals surface area contributed by atoms with Crippen molar-refractivity contribution in [2.24, 2.45) is 11.8 Å². The molecule has 2 aliphatic rings. The number of carbonyl (C=O) groups is 3. The number of halogens is 1. The van der Waals surface area contributed by atoms with Crippen molar-refractivity contribution in [2.75, 3.05) is 6.54 Å². The van der Waals surface area contributed by atoms with Crippen molar-refractivity contribution < 1.29 is 18.8 Å². The summed E-state index contributed by atoms with van der Waals surface area (Å²) in [4.78, 5) is 38.5. The third-order valence-electron chi connectivity index (χ3n) is 6.04. The van der Waals surface area contributed by atoms with Crippen LogP contribution in [0.3, 0.4) is 0 Å². The van der Waals surface area contributed by atoms with Crippen LogP contribution in [0.1, 0.15) is 45.6 Å². The Hall–Kier alpha value is -2.44. The molecule has 2 N–H and O–H groups in total. The molecule has 1 aliphatic heterocycles. The summed E-state index contributed by atoms with van der Waals surface area (Å²) >= 11 is 0. The Kier molecular flexibility index (Phi) is 5.22. The average molecular weight is 375 g/mol. The second-order valence-corrected chi connectivity index (χ2v) is 7.87. The molecule has 27 heavy (non-hydrogen) atoms. The summed E-state index contributed by atoms with van der Waals surface area (Å²) in [6.07, 6.45) is 3.08. The largest absolute Gasteiger partial charge is 0.352 e. The molecular weight excluding hydrogens is 349 g/mol. The van der Waals surface area contributed by atoms with Crippen molar-refractivity contribution >= 4 is 17.8 Å². The summed E-state index contributed by atoms with van der Waals surface area (Å²) in [5.74, 6) is -0.718. The maximum Gasteiger partial charge on any atom is 0.325 e. The van der Waals surface area contributed by atoms with E-state index in [1.165, 1.54) is 25.1 Å². The van der Waals surface area contributed by atoms with E-state index in [2.05, 4.69) is 24.5 Å². The van der Waals surface area contributed by atoms with E-state index in [0.29, 0.717) is 11.8 Å². The van der Waals surface area contributed by atoms with Crippen LogP contribution >= 0.6 is 0 Å². The fourth-order valence-corrected chi connectivity index (χ4v) is 4.07. The zero-order valence-corrected chi connectivity index (χ0v) is 15.9. The first kappa shape index (κ1) is 19.3. The van der Waals surface area contributed by atoms with Gasteiger partial charge in [-0.25, -0.2) is 9.18 Å². The predicted molar refractivity (Wildman–Crippen MR) is 98.1 cm³/mol. The Morgan fingerprint density at radius 3 is 2.70 bits per heavy atom. The minimum Gasteiger partial charge on any atom is -0.352 e. The molecule has 1 heterocycles. The molecule has 1 aromatic carbocycles. The van der Waals surface area contributed by atoms with Gasteiger partial charge in [0, 0.05) is 11.6 Å². The molecule has 0 aromatic heterocycles. The fraction of sp³-hybridized carbons (Fsp3) is 0.550. The summed E-state index contributed by atoms with van der Waals surface area (Å²) in [7, 11) is 0. The number of nitrogens with zero attached hydrogens (tertiary/aromatic N) is 1. The summed E-state index contributed by atoms with van der Waals surface area (Å²) < 4.78 is 14.2. The Morgan fingerprint density at radius 1 is 1.30 bits per heavy atom. The van der Waals surface area contributed by atoms with Gasteiger partial charge in [0.25, 0.3) is 5.91 Å². The summed E-state index contributed by atoms with van der Waals surface area (Å²) in [6, 6.07) is 5.17. The van der Waals surface area contributed by atoms with Crippen molar-refractivity contribution in [3.8, 4) is 0 Å². The molecule has 1 saturated carbocycles. The number of urea groups is 1. The highest BCUT2D eigenvalue weighted by molar-refractivity contribution is 6.09. The second-order valence-electron chi connectivity index (χ2n) is 7.87. The van der Waals surface area contributed by atoms with Gasteiger partial charge in [0.1, 0.15) is 17.9 Å². The quantitative estimate of drug-likeness (QED) is 0.794. The Bertz CT molecular complexity index is 769. The van der Waals surface area contributed by atoms with E-state index in [9.17, 15) is 18.8 Å². The fourth-order valence-electron chi connectivity index (χ4n) is 4.07.